The van der Waals surface area contributed by atoms with Crippen molar-refractivity contribution in [1.29, 1.82) is 0 Å². The van der Waals surface area contributed by atoms with Gasteiger partial charge in [0.05, 0.1) is 12.5 Å². The molecule has 0 rings (SSSR count). The maximum atomic E-state index is 11.2. The van der Waals surface area contributed by atoms with E-state index in [0.29, 0.717) is 0 Å². The molecular formula is C10H19O2. The minimum Gasteiger partial charge on any atom is -0.465 e. The lowest BCUT2D eigenvalue weighted by Crippen LogP contribution is -2.16. The molecule has 2 nitrogen and oxygen atoms in total. The molecule has 0 fully saturated rings. The highest BCUT2D eigenvalue weighted by molar-refractivity contribution is 5.72. The molecule has 0 saturated heterocycles. The van der Waals surface area contributed by atoms with E-state index in [9.17, 15) is 4.79 Å². The summed E-state index contributed by atoms with van der Waals surface area (Å²) in [4.78, 5) is 11.2. The second kappa shape index (κ2) is 7.14. The van der Waals surface area contributed by atoms with Gasteiger partial charge in [0.1, 0.15) is 0 Å². The van der Waals surface area contributed by atoms with Gasteiger partial charge >= 0.3 is 5.97 Å². The van der Waals surface area contributed by atoms with E-state index >= 15 is 0 Å². The summed E-state index contributed by atoms with van der Waals surface area (Å²) in [6.07, 6.45) is 4.06. The molecule has 0 bridgehead atoms. The molecule has 12 heavy (non-hydrogen) atoms. The van der Waals surface area contributed by atoms with Gasteiger partial charge in [-0.3, -0.25) is 4.79 Å². The number of esters is 1. The van der Waals surface area contributed by atoms with Gasteiger partial charge in [0.2, 0.25) is 0 Å². The molecular weight excluding hydrogens is 152 g/mol. The second-order valence-electron chi connectivity index (χ2n) is 2.91. The third-order valence-electron chi connectivity index (χ3n) is 1.98. The van der Waals surface area contributed by atoms with Gasteiger partial charge in [-0.1, -0.05) is 26.7 Å². The molecule has 1 unspecified atom stereocenters. The van der Waals surface area contributed by atoms with Crippen molar-refractivity contribution in [3.05, 3.63) is 6.92 Å². The van der Waals surface area contributed by atoms with E-state index < -0.39 is 0 Å². The van der Waals surface area contributed by atoms with Crippen molar-refractivity contribution >= 4 is 5.97 Å². The quantitative estimate of drug-likeness (QED) is 0.574. The fourth-order valence-electron chi connectivity index (χ4n) is 1.16. The summed E-state index contributed by atoms with van der Waals surface area (Å²) in [6.45, 7) is 7.87. The molecule has 0 N–H and O–H groups in total. The summed E-state index contributed by atoms with van der Waals surface area (Å²) >= 11 is 0. The summed E-state index contributed by atoms with van der Waals surface area (Å²) in [5.74, 6) is 0.00708. The molecule has 71 valence electrons. The first-order valence-corrected chi connectivity index (χ1v) is 4.72. The Kier molecular flexibility index (Phi) is 6.82. The number of ether oxygens (including phenoxy) is 1. The van der Waals surface area contributed by atoms with Crippen LogP contribution in [0.5, 0.6) is 0 Å². The van der Waals surface area contributed by atoms with Crippen LogP contribution in [0.15, 0.2) is 0 Å². The van der Waals surface area contributed by atoms with E-state index in [1.54, 1.807) is 0 Å². The van der Waals surface area contributed by atoms with Gasteiger partial charge in [-0.2, -0.15) is 0 Å². The SMILES string of the molecule is [CH2]COC(=O)C(CC)CCCC. The molecule has 0 aliphatic rings. The smallest absolute Gasteiger partial charge is 0.308 e. The maximum absolute atomic E-state index is 11.2. The van der Waals surface area contributed by atoms with Crippen LogP contribution in [0.4, 0.5) is 0 Å². The average molecular weight is 171 g/mol. The van der Waals surface area contributed by atoms with Crippen molar-refractivity contribution in [3.63, 3.8) is 0 Å². The van der Waals surface area contributed by atoms with Crippen LogP contribution in [0.25, 0.3) is 0 Å². The van der Waals surface area contributed by atoms with E-state index in [4.69, 9.17) is 4.74 Å². The summed E-state index contributed by atoms with van der Waals surface area (Å²) in [7, 11) is 0. The third kappa shape index (κ3) is 4.37. The zero-order valence-electron chi connectivity index (χ0n) is 8.14. The Morgan fingerprint density at radius 2 is 2.17 bits per heavy atom. The molecule has 0 aromatic rings. The third-order valence-corrected chi connectivity index (χ3v) is 1.98. The van der Waals surface area contributed by atoms with Gasteiger partial charge in [0.25, 0.3) is 0 Å². The monoisotopic (exact) mass is 171 g/mol. The van der Waals surface area contributed by atoms with Crippen LogP contribution < -0.4 is 0 Å². The number of unbranched alkanes of at least 4 members (excludes halogenated alkanes) is 1. The fraction of sp³-hybridized carbons (Fsp3) is 0.800. The Morgan fingerprint density at radius 1 is 1.50 bits per heavy atom. The predicted molar refractivity (Wildman–Crippen MR) is 49.6 cm³/mol. The zero-order valence-corrected chi connectivity index (χ0v) is 8.14. The number of hydrogen-bond acceptors (Lipinski definition) is 2. The Balaban J connectivity index is 3.71. The summed E-state index contributed by atoms with van der Waals surface area (Å²) in [5.41, 5.74) is 0. The zero-order chi connectivity index (χ0) is 9.40. The molecule has 0 aromatic heterocycles. The van der Waals surface area contributed by atoms with Crippen molar-refractivity contribution in [2.24, 2.45) is 5.92 Å². The first-order chi connectivity index (χ1) is 5.76. The molecule has 0 heterocycles. The highest BCUT2D eigenvalue weighted by atomic mass is 16.5. The van der Waals surface area contributed by atoms with Crippen LogP contribution in [-0.4, -0.2) is 12.6 Å². The van der Waals surface area contributed by atoms with Crippen molar-refractivity contribution < 1.29 is 9.53 Å². The van der Waals surface area contributed by atoms with Crippen LogP contribution in [0.3, 0.4) is 0 Å². The average Bonchev–Trinajstić information content (AvgIpc) is 2.06. The molecule has 0 aliphatic carbocycles. The first-order valence-electron chi connectivity index (χ1n) is 4.72. The minimum absolute atomic E-state index is 0.0825. The molecule has 0 spiro atoms. The maximum Gasteiger partial charge on any atom is 0.308 e. The van der Waals surface area contributed by atoms with Gasteiger partial charge in [0.15, 0.2) is 0 Å². The Labute approximate surface area is 75.3 Å². The normalized spacial score (nSPS) is 12.6. The van der Waals surface area contributed by atoms with Crippen LogP contribution in [0, 0.1) is 12.8 Å². The minimum atomic E-state index is -0.0825. The number of carbonyl (C=O) groups excluding carboxylic acids is 1. The summed E-state index contributed by atoms with van der Waals surface area (Å²) in [6, 6.07) is 0. The van der Waals surface area contributed by atoms with Gasteiger partial charge in [0, 0.05) is 0 Å². The van der Waals surface area contributed by atoms with Crippen LogP contribution in [-0.2, 0) is 9.53 Å². The molecule has 2 heteroatoms. The Morgan fingerprint density at radius 3 is 2.58 bits per heavy atom. The van der Waals surface area contributed by atoms with Crippen molar-refractivity contribution in [3.8, 4) is 0 Å². The lowest BCUT2D eigenvalue weighted by Gasteiger charge is -2.12. The standard InChI is InChI=1S/C10H19O2/c1-4-7-8-9(5-2)10(11)12-6-3/h9H,3-8H2,1-2H3. The lowest BCUT2D eigenvalue weighted by atomic mass is 10.00. The van der Waals surface area contributed by atoms with Crippen LogP contribution in [0.2, 0.25) is 0 Å². The fourth-order valence-corrected chi connectivity index (χ4v) is 1.16. The largest absolute Gasteiger partial charge is 0.465 e. The second-order valence-corrected chi connectivity index (χ2v) is 2.91. The van der Waals surface area contributed by atoms with E-state index in [2.05, 4.69) is 13.8 Å². The summed E-state index contributed by atoms with van der Waals surface area (Å²) in [5, 5.41) is 0. The summed E-state index contributed by atoms with van der Waals surface area (Å²) < 4.78 is 4.84. The van der Waals surface area contributed by atoms with E-state index in [0.717, 1.165) is 25.7 Å². The van der Waals surface area contributed by atoms with E-state index in [-0.39, 0.29) is 18.5 Å². The highest BCUT2D eigenvalue weighted by Crippen LogP contribution is 2.13. The molecule has 1 radical (unpaired) electrons. The number of rotatable bonds is 6. The topological polar surface area (TPSA) is 26.3 Å². The number of carbonyl (C=O) groups is 1. The van der Waals surface area contributed by atoms with E-state index in [1.807, 2.05) is 6.92 Å². The van der Waals surface area contributed by atoms with Gasteiger partial charge in [-0.25, -0.2) is 0 Å². The predicted octanol–water partition coefficient (Wildman–Crippen LogP) is 2.58. The van der Waals surface area contributed by atoms with E-state index in [1.165, 1.54) is 0 Å². The highest BCUT2D eigenvalue weighted by Gasteiger charge is 2.16. The van der Waals surface area contributed by atoms with Crippen molar-refractivity contribution in [1.82, 2.24) is 0 Å². The molecule has 0 aromatic carbocycles. The Bertz CT molecular complexity index is 121. The van der Waals surface area contributed by atoms with Crippen molar-refractivity contribution in [2.45, 2.75) is 39.5 Å². The number of hydrogen-bond donors (Lipinski definition) is 0. The Hall–Kier alpha value is -0.530. The van der Waals surface area contributed by atoms with Gasteiger partial charge in [-0.15, -0.1) is 0 Å². The molecule has 0 saturated carbocycles. The van der Waals surface area contributed by atoms with Crippen molar-refractivity contribution in [2.75, 3.05) is 6.61 Å². The lowest BCUT2D eigenvalue weighted by molar-refractivity contribution is -0.147. The molecule has 0 amide bonds. The van der Waals surface area contributed by atoms with Crippen LogP contribution >= 0.6 is 0 Å². The molecule has 1 atom stereocenters. The van der Waals surface area contributed by atoms with Gasteiger partial charge in [-0.05, 0) is 19.8 Å². The molecule has 0 aliphatic heterocycles. The van der Waals surface area contributed by atoms with Crippen LogP contribution in [0.1, 0.15) is 39.5 Å². The first kappa shape index (κ1) is 11.5. The van der Waals surface area contributed by atoms with Gasteiger partial charge < -0.3 is 4.74 Å².